The highest BCUT2D eigenvalue weighted by Crippen LogP contribution is 2.69. The number of rotatable bonds is 3. The molecule has 0 spiro atoms. The van der Waals surface area contributed by atoms with Gasteiger partial charge in [-0.2, -0.15) is 8.42 Å². The normalized spacial score (nSPS) is 46.4. The van der Waals surface area contributed by atoms with Gasteiger partial charge in [0.15, 0.2) is 5.78 Å². The molecular weight excluding hydrogens is 464 g/mol. The van der Waals surface area contributed by atoms with Crippen molar-refractivity contribution in [3.63, 3.8) is 0 Å². The summed E-state index contributed by atoms with van der Waals surface area (Å²) in [6, 6.07) is 2.94. The number of fused-ring (bicyclic) bond motifs is 5. The first kappa shape index (κ1) is 24.1. The van der Waals surface area contributed by atoms with Gasteiger partial charge in [-0.1, -0.05) is 6.92 Å². The van der Waals surface area contributed by atoms with Gasteiger partial charge in [0.25, 0.3) is 0 Å². The van der Waals surface area contributed by atoms with E-state index in [0.717, 1.165) is 0 Å². The van der Waals surface area contributed by atoms with Crippen molar-refractivity contribution >= 4 is 16.2 Å². The van der Waals surface area contributed by atoms with Crippen LogP contribution in [0.25, 0.3) is 0 Å². The summed E-state index contributed by atoms with van der Waals surface area (Å²) in [6.45, 7) is 3.77. The molecule has 0 aliphatic heterocycles. The Morgan fingerprint density at radius 1 is 1.09 bits per heavy atom. The van der Waals surface area contributed by atoms with Crippen molar-refractivity contribution in [1.82, 2.24) is 0 Å². The molecule has 0 bridgehead atoms. The third-order valence-corrected chi connectivity index (χ3v) is 10.5. The highest BCUT2D eigenvalue weighted by Gasteiger charge is 2.73. The summed E-state index contributed by atoms with van der Waals surface area (Å²) in [7, 11) is -4.56. The number of carbonyl (C=O) groups is 1. The van der Waals surface area contributed by atoms with Gasteiger partial charge < -0.3 is 14.6 Å². The van der Waals surface area contributed by atoms with E-state index >= 15 is 0 Å². The van der Waals surface area contributed by atoms with Crippen LogP contribution in [-0.2, 0) is 19.4 Å². The fourth-order valence-corrected chi connectivity index (χ4v) is 8.89. The van der Waals surface area contributed by atoms with Gasteiger partial charge in [0.2, 0.25) is 0 Å². The summed E-state index contributed by atoms with van der Waals surface area (Å²) in [5, 5.41) is 23.7. The van der Waals surface area contributed by atoms with E-state index in [1.165, 1.54) is 12.3 Å². The second kappa shape index (κ2) is 7.70. The van der Waals surface area contributed by atoms with E-state index in [1.807, 2.05) is 6.92 Å². The second-order valence-electron chi connectivity index (χ2n) is 11.2. The first-order valence-corrected chi connectivity index (χ1v) is 13.4. The molecule has 1 aromatic heterocycles. The molecule has 3 N–H and O–H groups in total. The molecule has 0 radical (unpaired) electrons. The fourth-order valence-electron chi connectivity index (χ4n) is 8.37. The lowest BCUT2D eigenvalue weighted by molar-refractivity contribution is -0.227. The molecule has 4 aliphatic rings. The average Bonchev–Trinajstić information content (AvgIpc) is 3.04. The number of aliphatic hydroxyl groups excluding tert-OH is 1. The molecule has 4 saturated carbocycles. The van der Waals surface area contributed by atoms with Gasteiger partial charge in [0.1, 0.15) is 6.10 Å². The number of aliphatic hydroxyl groups is 2. The zero-order valence-corrected chi connectivity index (χ0v) is 20.2. The Balaban J connectivity index is 1.49. The lowest BCUT2D eigenvalue weighted by atomic mass is 9.42. The minimum Gasteiger partial charge on any atom is -0.431 e. The summed E-state index contributed by atoms with van der Waals surface area (Å²) < 4.78 is 41.4. The Bertz CT molecular complexity index is 1140. The molecule has 10 heteroatoms. The van der Waals surface area contributed by atoms with Gasteiger partial charge in [-0.05, 0) is 80.8 Å². The van der Waals surface area contributed by atoms with Gasteiger partial charge in [0, 0.05) is 17.9 Å². The van der Waals surface area contributed by atoms with Crippen molar-refractivity contribution in [2.75, 3.05) is 0 Å². The molecule has 9 nitrogen and oxygen atoms in total. The molecule has 34 heavy (non-hydrogen) atoms. The minimum absolute atomic E-state index is 0.00902. The van der Waals surface area contributed by atoms with Gasteiger partial charge in [-0.25, -0.2) is 8.98 Å². The Kier molecular flexibility index (Phi) is 5.46. The van der Waals surface area contributed by atoms with Crippen molar-refractivity contribution in [2.24, 2.45) is 28.6 Å². The van der Waals surface area contributed by atoms with E-state index in [4.69, 9.17) is 13.2 Å². The SMILES string of the molecule is C[C@]12CC[C@H](OS(=O)(=O)O)C[C@H]1CC[C@@H]1C2[C@H](O)C(=O)[C@]2(C)[C@@H](c3ccc(=O)oc3)CC[C@]12O. The Hall–Kier alpha value is -1.59. The van der Waals surface area contributed by atoms with Crippen LogP contribution in [0.5, 0.6) is 0 Å². The van der Waals surface area contributed by atoms with Crippen molar-refractivity contribution < 1.29 is 36.6 Å². The van der Waals surface area contributed by atoms with E-state index in [2.05, 4.69) is 0 Å². The van der Waals surface area contributed by atoms with Gasteiger partial charge in [-0.3, -0.25) is 9.35 Å². The van der Waals surface area contributed by atoms with Crippen molar-refractivity contribution in [3.05, 3.63) is 34.4 Å². The molecule has 1 unspecified atom stereocenters. The molecule has 5 rings (SSSR count). The third-order valence-electron chi connectivity index (χ3n) is 10.0. The molecule has 0 aromatic carbocycles. The molecule has 1 heterocycles. The van der Waals surface area contributed by atoms with E-state index in [0.29, 0.717) is 50.5 Å². The van der Waals surface area contributed by atoms with Gasteiger partial charge in [-0.15, -0.1) is 0 Å². The highest BCUT2D eigenvalue weighted by atomic mass is 32.3. The maximum Gasteiger partial charge on any atom is 0.397 e. The molecule has 0 saturated heterocycles. The summed E-state index contributed by atoms with van der Waals surface area (Å²) in [4.78, 5) is 25.3. The first-order valence-electron chi connectivity index (χ1n) is 12.0. The standard InChI is InChI=1S/C24H32O9S/c1-22-9-7-15(33-34(29,30)31)11-14(22)4-5-17-19(22)20(26)21(27)23(2)16(8-10-24(17,23)28)13-3-6-18(25)32-12-13/h3,6,12,14-17,19-20,26,28H,4-5,7-11H2,1-2H3,(H,29,30,31)/t14-,15+,16-,17-,19?,20+,22+,23+,24+/m1/s1. The lowest BCUT2D eigenvalue weighted by Crippen LogP contribution is -2.70. The second-order valence-corrected chi connectivity index (χ2v) is 12.3. The first-order chi connectivity index (χ1) is 15.8. The van der Waals surface area contributed by atoms with Crippen LogP contribution in [0.1, 0.15) is 70.3 Å². The zero-order valence-electron chi connectivity index (χ0n) is 19.3. The number of Topliss-reactive ketones (excluding diaryl/α,β-unsaturated/α-hetero) is 1. The number of carbonyl (C=O) groups excluding carboxylic acids is 1. The lowest BCUT2D eigenvalue weighted by Gasteiger charge is -2.64. The van der Waals surface area contributed by atoms with E-state index < -0.39 is 50.6 Å². The zero-order chi connectivity index (χ0) is 24.7. The Labute approximate surface area is 198 Å². The van der Waals surface area contributed by atoms with Crippen LogP contribution in [0, 0.1) is 28.6 Å². The highest BCUT2D eigenvalue weighted by molar-refractivity contribution is 7.80. The summed E-state index contributed by atoms with van der Waals surface area (Å²) in [6.07, 6.45) is 2.98. The van der Waals surface area contributed by atoms with Crippen LogP contribution in [0.2, 0.25) is 0 Å². The largest absolute Gasteiger partial charge is 0.431 e. The summed E-state index contributed by atoms with van der Waals surface area (Å²) in [5.74, 6) is -1.54. The Morgan fingerprint density at radius 2 is 1.82 bits per heavy atom. The summed E-state index contributed by atoms with van der Waals surface area (Å²) >= 11 is 0. The Morgan fingerprint density at radius 3 is 2.47 bits per heavy atom. The molecule has 4 fully saturated rings. The van der Waals surface area contributed by atoms with Crippen molar-refractivity contribution in [2.45, 2.75) is 82.5 Å². The van der Waals surface area contributed by atoms with Crippen LogP contribution in [0.3, 0.4) is 0 Å². The quantitative estimate of drug-likeness (QED) is 0.535. The van der Waals surface area contributed by atoms with Crippen LogP contribution in [0.15, 0.2) is 27.6 Å². The number of hydrogen-bond acceptors (Lipinski definition) is 8. The van der Waals surface area contributed by atoms with E-state index in [1.54, 1.807) is 13.0 Å². The number of hydrogen-bond donors (Lipinski definition) is 3. The fraction of sp³-hybridized carbons (Fsp3) is 0.750. The maximum absolute atomic E-state index is 13.9. The molecule has 1 aromatic rings. The van der Waals surface area contributed by atoms with Crippen LogP contribution in [-0.4, -0.2) is 46.8 Å². The topological polar surface area (TPSA) is 151 Å². The molecule has 188 valence electrons. The third kappa shape index (κ3) is 3.29. The molecule has 9 atom stereocenters. The minimum atomic E-state index is -4.56. The van der Waals surface area contributed by atoms with E-state index in [-0.39, 0.29) is 23.5 Å². The monoisotopic (exact) mass is 496 g/mol. The average molecular weight is 497 g/mol. The molecule has 4 aliphatic carbocycles. The smallest absolute Gasteiger partial charge is 0.397 e. The molecule has 0 amide bonds. The predicted octanol–water partition coefficient (Wildman–Crippen LogP) is 2.22. The van der Waals surface area contributed by atoms with Crippen LogP contribution < -0.4 is 5.63 Å². The van der Waals surface area contributed by atoms with Crippen LogP contribution in [0.4, 0.5) is 0 Å². The van der Waals surface area contributed by atoms with Crippen molar-refractivity contribution in [3.8, 4) is 0 Å². The van der Waals surface area contributed by atoms with E-state index in [9.17, 15) is 28.2 Å². The van der Waals surface area contributed by atoms with Gasteiger partial charge >= 0.3 is 16.0 Å². The predicted molar refractivity (Wildman–Crippen MR) is 119 cm³/mol. The summed E-state index contributed by atoms with van der Waals surface area (Å²) in [5.41, 5.74) is -2.84. The maximum atomic E-state index is 13.9. The number of ketones is 1. The van der Waals surface area contributed by atoms with Gasteiger partial charge in [0.05, 0.1) is 23.4 Å². The molecular formula is C24H32O9S. The van der Waals surface area contributed by atoms with Crippen molar-refractivity contribution in [1.29, 1.82) is 0 Å². The van der Waals surface area contributed by atoms with Crippen LogP contribution >= 0.6 is 0 Å².